The number of ether oxygens (including phenoxy) is 1. The first-order chi connectivity index (χ1) is 9.88. The van der Waals surface area contributed by atoms with Gasteiger partial charge in [0.15, 0.2) is 0 Å². The SMILES string of the molecule is NC(=S)c1ccc(COc2cc(Cl)c(Cl)cc2Cl)c(Cl)c1. The molecule has 0 aliphatic carbocycles. The van der Waals surface area contributed by atoms with E-state index in [1.54, 1.807) is 24.3 Å². The lowest BCUT2D eigenvalue weighted by Crippen LogP contribution is -2.09. The molecule has 110 valence electrons. The summed E-state index contributed by atoms with van der Waals surface area (Å²) in [6.07, 6.45) is 0. The van der Waals surface area contributed by atoms with Crippen LogP contribution in [0, 0.1) is 0 Å². The zero-order chi connectivity index (χ0) is 15.6. The molecule has 0 atom stereocenters. The Morgan fingerprint density at radius 3 is 2.24 bits per heavy atom. The van der Waals surface area contributed by atoms with E-state index in [0.29, 0.717) is 31.4 Å². The minimum Gasteiger partial charge on any atom is -0.487 e. The van der Waals surface area contributed by atoms with Gasteiger partial charge in [0.05, 0.1) is 15.1 Å². The van der Waals surface area contributed by atoms with Crippen molar-refractivity contribution in [2.24, 2.45) is 5.73 Å². The Hall–Kier alpha value is -0.710. The van der Waals surface area contributed by atoms with Crippen LogP contribution in [0.2, 0.25) is 20.1 Å². The van der Waals surface area contributed by atoms with Gasteiger partial charge >= 0.3 is 0 Å². The topological polar surface area (TPSA) is 35.2 Å². The van der Waals surface area contributed by atoms with Crippen molar-refractivity contribution in [3.05, 3.63) is 61.5 Å². The van der Waals surface area contributed by atoms with E-state index < -0.39 is 0 Å². The lowest BCUT2D eigenvalue weighted by Gasteiger charge is -2.11. The molecule has 0 aromatic heterocycles. The molecule has 2 nitrogen and oxygen atoms in total. The maximum Gasteiger partial charge on any atom is 0.139 e. The second-order valence-corrected chi connectivity index (χ2v) is 6.22. The molecular formula is C14H9Cl4NOS. The summed E-state index contributed by atoms with van der Waals surface area (Å²) in [5.41, 5.74) is 7.02. The van der Waals surface area contributed by atoms with E-state index in [-0.39, 0.29) is 11.6 Å². The predicted molar refractivity (Wildman–Crippen MR) is 93.1 cm³/mol. The summed E-state index contributed by atoms with van der Waals surface area (Å²) in [6, 6.07) is 8.35. The highest BCUT2D eigenvalue weighted by Crippen LogP contribution is 2.34. The van der Waals surface area contributed by atoms with E-state index in [1.165, 1.54) is 6.07 Å². The zero-order valence-corrected chi connectivity index (χ0v) is 14.3. The summed E-state index contributed by atoms with van der Waals surface area (Å²) < 4.78 is 5.62. The Bertz CT molecular complexity index is 706. The van der Waals surface area contributed by atoms with Gasteiger partial charge in [-0.05, 0) is 12.1 Å². The van der Waals surface area contributed by atoms with Crippen LogP contribution < -0.4 is 10.5 Å². The molecule has 7 heteroatoms. The quantitative estimate of drug-likeness (QED) is 0.560. The first-order valence-electron chi connectivity index (χ1n) is 5.74. The normalized spacial score (nSPS) is 10.5. The van der Waals surface area contributed by atoms with Gasteiger partial charge in [0.2, 0.25) is 0 Å². The number of benzene rings is 2. The summed E-state index contributed by atoms with van der Waals surface area (Å²) in [5.74, 6) is 0.431. The molecule has 2 N–H and O–H groups in total. The van der Waals surface area contributed by atoms with Crippen molar-refractivity contribution in [2.45, 2.75) is 6.61 Å². The minimum absolute atomic E-state index is 0.230. The molecule has 0 fully saturated rings. The van der Waals surface area contributed by atoms with Crippen LogP contribution in [0.5, 0.6) is 5.75 Å². The minimum atomic E-state index is 0.230. The second-order valence-electron chi connectivity index (χ2n) is 4.16. The van der Waals surface area contributed by atoms with Crippen LogP contribution >= 0.6 is 58.6 Å². The Morgan fingerprint density at radius 1 is 0.952 bits per heavy atom. The van der Waals surface area contributed by atoms with Gasteiger partial charge in [-0.2, -0.15) is 0 Å². The maximum atomic E-state index is 6.16. The Kier molecular flexibility index (Phi) is 5.58. The molecule has 0 heterocycles. The highest BCUT2D eigenvalue weighted by atomic mass is 35.5. The lowest BCUT2D eigenvalue weighted by molar-refractivity contribution is 0.306. The van der Waals surface area contributed by atoms with Crippen LogP contribution in [0.25, 0.3) is 0 Å². The third-order valence-electron chi connectivity index (χ3n) is 2.70. The Morgan fingerprint density at radius 2 is 1.62 bits per heavy atom. The molecule has 0 unspecified atom stereocenters. The van der Waals surface area contributed by atoms with Gasteiger partial charge in [-0.25, -0.2) is 0 Å². The van der Waals surface area contributed by atoms with Gasteiger partial charge < -0.3 is 10.5 Å². The summed E-state index contributed by atoms with van der Waals surface area (Å²) >= 11 is 28.9. The highest BCUT2D eigenvalue weighted by molar-refractivity contribution is 7.80. The summed E-state index contributed by atoms with van der Waals surface area (Å²) in [7, 11) is 0. The molecule has 0 amide bonds. The first kappa shape index (κ1) is 16.7. The van der Waals surface area contributed by atoms with E-state index in [4.69, 9.17) is 69.1 Å². The molecule has 0 bridgehead atoms. The number of halogens is 4. The smallest absolute Gasteiger partial charge is 0.139 e. The Balaban J connectivity index is 2.17. The van der Waals surface area contributed by atoms with Gasteiger partial charge in [-0.3, -0.25) is 0 Å². The van der Waals surface area contributed by atoms with Crippen LogP contribution in [0.1, 0.15) is 11.1 Å². The number of hydrogen-bond acceptors (Lipinski definition) is 2. The zero-order valence-electron chi connectivity index (χ0n) is 10.5. The Labute approximate surface area is 147 Å². The van der Waals surface area contributed by atoms with Gasteiger partial charge in [0, 0.05) is 22.2 Å². The number of rotatable bonds is 4. The summed E-state index contributed by atoms with van der Waals surface area (Å²) in [5, 5.41) is 1.62. The fraction of sp³-hybridized carbons (Fsp3) is 0.0714. The average Bonchev–Trinajstić information content (AvgIpc) is 2.42. The molecule has 2 aromatic rings. The number of nitrogens with two attached hydrogens (primary N) is 1. The standard InChI is InChI=1S/C14H9Cl4NOS/c15-9-3-7(14(19)21)1-2-8(9)6-20-13-5-11(17)10(16)4-12(13)18/h1-5H,6H2,(H2,19,21). The number of thiocarbonyl (C=S) groups is 1. The van der Waals surface area contributed by atoms with Crippen molar-refractivity contribution in [2.75, 3.05) is 0 Å². The molecular weight excluding hydrogens is 372 g/mol. The van der Waals surface area contributed by atoms with Crippen LogP contribution in [0.3, 0.4) is 0 Å². The predicted octanol–water partition coefficient (Wildman–Crippen LogP) is 5.51. The van der Waals surface area contributed by atoms with E-state index >= 15 is 0 Å². The fourth-order valence-corrected chi connectivity index (χ4v) is 2.54. The molecule has 21 heavy (non-hydrogen) atoms. The lowest BCUT2D eigenvalue weighted by atomic mass is 10.1. The highest BCUT2D eigenvalue weighted by Gasteiger charge is 2.09. The van der Waals surface area contributed by atoms with Gasteiger partial charge in [0.25, 0.3) is 0 Å². The fourth-order valence-electron chi connectivity index (χ4n) is 1.59. The van der Waals surface area contributed by atoms with E-state index in [2.05, 4.69) is 0 Å². The first-order valence-corrected chi connectivity index (χ1v) is 7.66. The second kappa shape index (κ2) is 7.03. The average molecular weight is 381 g/mol. The van der Waals surface area contributed by atoms with Crippen LogP contribution in [0.4, 0.5) is 0 Å². The molecule has 2 aromatic carbocycles. The number of hydrogen-bond donors (Lipinski definition) is 1. The van der Waals surface area contributed by atoms with E-state index in [9.17, 15) is 0 Å². The van der Waals surface area contributed by atoms with Crippen molar-refractivity contribution < 1.29 is 4.74 Å². The van der Waals surface area contributed by atoms with E-state index in [1.807, 2.05) is 0 Å². The molecule has 0 saturated heterocycles. The third kappa shape index (κ3) is 4.15. The van der Waals surface area contributed by atoms with Crippen molar-refractivity contribution in [1.82, 2.24) is 0 Å². The van der Waals surface area contributed by atoms with E-state index in [0.717, 1.165) is 5.56 Å². The van der Waals surface area contributed by atoms with Crippen LogP contribution in [0.15, 0.2) is 30.3 Å². The third-order valence-corrected chi connectivity index (χ3v) is 4.30. The summed E-state index contributed by atoms with van der Waals surface area (Å²) in [6.45, 7) is 0.230. The largest absolute Gasteiger partial charge is 0.487 e. The van der Waals surface area contributed by atoms with Crippen molar-refractivity contribution in [1.29, 1.82) is 0 Å². The van der Waals surface area contributed by atoms with Crippen molar-refractivity contribution in [3.63, 3.8) is 0 Å². The monoisotopic (exact) mass is 379 g/mol. The molecule has 0 radical (unpaired) electrons. The molecule has 0 aliphatic rings. The molecule has 2 rings (SSSR count). The maximum absolute atomic E-state index is 6.16. The van der Waals surface area contributed by atoms with Gasteiger partial charge in [-0.1, -0.05) is 70.8 Å². The molecule has 0 spiro atoms. The van der Waals surface area contributed by atoms with Gasteiger partial charge in [0.1, 0.15) is 17.3 Å². The van der Waals surface area contributed by atoms with Crippen LogP contribution in [-0.2, 0) is 6.61 Å². The van der Waals surface area contributed by atoms with Crippen molar-refractivity contribution >= 4 is 63.6 Å². The van der Waals surface area contributed by atoms with Gasteiger partial charge in [-0.15, -0.1) is 0 Å². The molecule has 0 aliphatic heterocycles. The van der Waals surface area contributed by atoms with Crippen molar-refractivity contribution in [3.8, 4) is 5.75 Å². The molecule has 0 saturated carbocycles. The van der Waals surface area contributed by atoms with Crippen LogP contribution in [-0.4, -0.2) is 4.99 Å². The summed E-state index contributed by atoms with van der Waals surface area (Å²) in [4.78, 5) is 0.289.